The molecule has 1 aromatic carbocycles. The number of carbonyl (C=O) groups is 1. The molecule has 2 nitrogen and oxygen atoms in total. The van der Waals surface area contributed by atoms with Crippen LogP contribution in [-0.4, -0.2) is 17.8 Å². The molecule has 0 bridgehead atoms. The molecule has 0 fully saturated rings. The van der Waals surface area contributed by atoms with Gasteiger partial charge < -0.3 is 4.74 Å². The molecule has 17 heavy (non-hydrogen) atoms. The fourth-order valence-corrected chi connectivity index (χ4v) is 2.04. The molecular weight excluding hydrogens is 236 g/mol. The molecule has 0 spiro atoms. The van der Waals surface area contributed by atoms with Crippen LogP contribution in [0.2, 0.25) is 0 Å². The van der Waals surface area contributed by atoms with Crippen molar-refractivity contribution in [2.75, 3.05) is 6.61 Å². The van der Waals surface area contributed by atoms with Gasteiger partial charge in [0, 0.05) is 5.56 Å². The quantitative estimate of drug-likeness (QED) is 0.603. The molecule has 0 saturated heterocycles. The van der Waals surface area contributed by atoms with E-state index in [-0.39, 0.29) is 5.78 Å². The third-order valence-electron chi connectivity index (χ3n) is 2.96. The summed E-state index contributed by atoms with van der Waals surface area (Å²) in [7, 11) is 0. The van der Waals surface area contributed by atoms with Crippen molar-refractivity contribution in [3.8, 4) is 5.75 Å². The van der Waals surface area contributed by atoms with E-state index >= 15 is 0 Å². The molecule has 1 atom stereocenters. The van der Waals surface area contributed by atoms with Gasteiger partial charge in [0.05, 0.1) is 12.0 Å². The van der Waals surface area contributed by atoms with E-state index in [4.69, 9.17) is 16.3 Å². The van der Waals surface area contributed by atoms with E-state index in [0.29, 0.717) is 6.61 Å². The summed E-state index contributed by atoms with van der Waals surface area (Å²) >= 11 is 5.88. The van der Waals surface area contributed by atoms with Crippen LogP contribution >= 0.6 is 11.6 Å². The zero-order valence-electron chi connectivity index (χ0n) is 11.1. The number of rotatable bonds is 4. The van der Waals surface area contributed by atoms with Crippen molar-refractivity contribution in [3.05, 3.63) is 28.3 Å². The Balaban J connectivity index is 3.35. The van der Waals surface area contributed by atoms with Crippen LogP contribution in [0.25, 0.3) is 0 Å². The van der Waals surface area contributed by atoms with E-state index in [1.54, 1.807) is 6.92 Å². The number of aryl methyl sites for hydroxylation is 1. The van der Waals surface area contributed by atoms with Crippen LogP contribution in [0.1, 0.15) is 40.9 Å². The zero-order valence-corrected chi connectivity index (χ0v) is 11.8. The minimum atomic E-state index is -0.496. The van der Waals surface area contributed by atoms with Gasteiger partial charge in [-0.3, -0.25) is 4.79 Å². The molecule has 1 unspecified atom stereocenters. The van der Waals surface area contributed by atoms with Crippen molar-refractivity contribution < 1.29 is 9.53 Å². The van der Waals surface area contributed by atoms with Gasteiger partial charge in [-0.15, -0.1) is 11.6 Å². The number of carbonyl (C=O) groups excluding carboxylic acids is 1. The summed E-state index contributed by atoms with van der Waals surface area (Å²) < 4.78 is 5.55. The molecule has 0 radical (unpaired) electrons. The largest absolute Gasteiger partial charge is 0.494 e. The standard InChI is InChI=1S/C14H19ClO2/c1-6-17-12-7-8(2)13(10(4)9(12)3)14(16)11(5)15/h7,11H,6H2,1-5H3. The van der Waals surface area contributed by atoms with E-state index in [0.717, 1.165) is 28.0 Å². The lowest BCUT2D eigenvalue weighted by Crippen LogP contribution is -2.15. The van der Waals surface area contributed by atoms with Gasteiger partial charge in [0.2, 0.25) is 0 Å². The number of benzene rings is 1. The average Bonchev–Trinajstić information content (AvgIpc) is 2.25. The van der Waals surface area contributed by atoms with E-state index in [1.165, 1.54) is 0 Å². The van der Waals surface area contributed by atoms with Crippen molar-refractivity contribution >= 4 is 17.4 Å². The molecule has 0 amide bonds. The van der Waals surface area contributed by atoms with E-state index in [1.807, 2.05) is 33.8 Å². The molecule has 0 heterocycles. The van der Waals surface area contributed by atoms with Crippen molar-refractivity contribution in [2.24, 2.45) is 0 Å². The maximum atomic E-state index is 12.0. The molecular formula is C14H19ClO2. The number of ketones is 1. The van der Waals surface area contributed by atoms with Crippen molar-refractivity contribution in [2.45, 2.75) is 40.0 Å². The first kappa shape index (κ1) is 14.0. The van der Waals surface area contributed by atoms with Crippen molar-refractivity contribution in [1.82, 2.24) is 0 Å². The van der Waals surface area contributed by atoms with Gasteiger partial charge in [0.25, 0.3) is 0 Å². The van der Waals surface area contributed by atoms with Gasteiger partial charge in [-0.1, -0.05) is 0 Å². The Morgan fingerprint density at radius 2 is 1.94 bits per heavy atom. The van der Waals surface area contributed by atoms with Crippen LogP contribution in [0, 0.1) is 20.8 Å². The highest BCUT2D eigenvalue weighted by Crippen LogP contribution is 2.29. The summed E-state index contributed by atoms with van der Waals surface area (Å²) in [5, 5.41) is -0.496. The number of alkyl halides is 1. The topological polar surface area (TPSA) is 26.3 Å². The highest BCUT2D eigenvalue weighted by atomic mass is 35.5. The summed E-state index contributed by atoms with van der Waals surface area (Å²) in [6.45, 7) is 10.1. The molecule has 0 saturated carbocycles. The molecule has 1 rings (SSSR count). The van der Waals surface area contributed by atoms with Crippen molar-refractivity contribution in [3.63, 3.8) is 0 Å². The molecule has 0 aliphatic rings. The Bertz CT molecular complexity index is 436. The van der Waals surface area contributed by atoms with Crippen LogP contribution in [0.4, 0.5) is 0 Å². The normalized spacial score (nSPS) is 12.4. The first-order chi connectivity index (χ1) is 7.90. The fourth-order valence-electron chi connectivity index (χ4n) is 1.93. The van der Waals surface area contributed by atoms with Gasteiger partial charge in [0.15, 0.2) is 5.78 Å². The third-order valence-corrected chi connectivity index (χ3v) is 3.15. The predicted octanol–water partition coefficient (Wildman–Crippen LogP) is 3.82. The Morgan fingerprint density at radius 3 is 2.41 bits per heavy atom. The summed E-state index contributed by atoms with van der Waals surface area (Å²) in [6.07, 6.45) is 0. The monoisotopic (exact) mass is 254 g/mol. The van der Waals surface area contributed by atoms with E-state index < -0.39 is 5.38 Å². The highest BCUT2D eigenvalue weighted by Gasteiger charge is 2.20. The van der Waals surface area contributed by atoms with Crippen LogP contribution in [0.15, 0.2) is 6.07 Å². The zero-order chi connectivity index (χ0) is 13.2. The maximum Gasteiger partial charge on any atom is 0.180 e. The highest BCUT2D eigenvalue weighted by molar-refractivity contribution is 6.34. The molecule has 0 aromatic heterocycles. The third kappa shape index (κ3) is 2.81. The average molecular weight is 255 g/mol. The molecule has 0 N–H and O–H groups in total. The Morgan fingerprint density at radius 1 is 1.35 bits per heavy atom. The fraction of sp³-hybridized carbons (Fsp3) is 0.500. The Hall–Kier alpha value is -1.02. The Labute approximate surface area is 108 Å². The summed E-state index contributed by atoms with van der Waals surface area (Å²) in [6, 6.07) is 1.92. The van der Waals surface area contributed by atoms with Gasteiger partial charge in [-0.2, -0.15) is 0 Å². The van der Waals surface area contributed by atoms with E-state index in [9.17, 15) is 4.79 Å². The first-order valence-electron chi connectivity index (χ1n) is 5.82. The lowest BCUT2D eigenvalue weighted by atomic mass is 9.93. The van der Waals surface area contributed by atoms with Crippen LogP contribution in [0.5, 0.6) is 5.75 Å². The lowest BCUT2D eigenvalue weighted by molar-refractivity contribution is 0.0990. The predicted molar refractivity (Wildman–Crippen MR) is 71.5 cm³/mol. The minimum Gasteiger partial charge on any atom is -0.494 e. The van der Waals surface area contributed by atoms with Gasteiger partial charge in [-0.25, -0.2) is 0 Å². The molecule has 0 aliphatic heterocycles. The maximum absolute atomic E-state index is 12.0. The number of hydrogen-bond donors (Lipinski definition) is 0. The number of hydrogen-bond acceptors (Lipinski definition) is 2. The second-order valence-corrected chi connectivity index (χ2v) is 4.88. The molecule has 94 valence electrons. The number of Topliss-reactive ketones (excluding diaryl/α,β-unsaturated/α-hetero) is 1. The second-order valence-electron chi connectivity index (χ2n) is 4.23. The summed E-state index contributed by atoms with van der Waals surface area (Å²) in [4.78, 5) is 12.0. The van der Waals surface area contributed by atoms with Crippen LogP contribution in [0.3, 0.4) is 0 Å². The smallest absolute Gasteiger partial charge is 0.180 e. The molecule has 0 aliphatic carbocycles. The molecule has 3 heteroatoms. The SMILES string of the molecule is CCOc1cc(C)c(C(=O)C(C)Cl)c(C)c1C. The summed E-state index contributed by atoms with van der Waals surface area (Å²) in [5.41, 5.74) is 3.63. The van der Waals surface area contributed by atoms with Gasteiger partial charge >= 0.3 is 0 Å². The summed E-state index contributed by atoms with van der Waals surface area (Å²) in [5.74, 6) is 0.828. The van der Waals surface area contributed by atoms with Gasteiger partial charge in [-0.05, 0) is 57.4 Å². The first-order valence-corrected chi connectivity index (χ1v) is 6.25. The number of halogens is 1. The second kappa shape index (κ2) is 5.54. The number of ether oxygens (including phenoxy) is 1. The Kier molecular flexibility index (Phi) is 4.58. The molecule has 1 aromatic rings. The van der Waals surface area contributed by atoms with Crippen LogP contribution in [-0.2, 0) is 0 Å². The van der Waals surface area contributed by atoms with Crippen molar-refractivity contribution in [1.29, 1.82) is 0 Å². The van der Waals surface area contributed by atoms with Gasteiger partial charge in [0.1, 0.15) is 5.75 Å². The van der Waals surface area contributed by atoms with E-state index in [2.05, 4.69) is 0 Å². The van der Waals surface area contributed by atoms with Crippen LogP contribution < -0.4 is 4.74 Å². The minimum absolute atomic E-state index is 0.0205. The lowest BCUT2D eigenvalue weighted by Gasteiger charge is -2.16.